The summed E-state index contributed by atoms with van der Waals surface area (Å²) in [6.07, 6.45) is 2.29. The van der Waals surface area contributed by atoms with Crippen LogP contribution in [0.15, 0.2) is 35.5 Å². The second kappa shape index (κ2) is 9.46. The van der Waals surface area contributed by atoms with Gasteiger partial charge in [-0.25, -0.2) is 4.79 Å². The third-order valence-corrected chi connectivity index (χ3v) is 7.24. The number of carbonyl (C=O) groups is 2. The lowest BCUT2D eigenvalue weighted by Gasteiger charge is -2.13. The van der Waals surface area contributed by atoms with Crippen molar-refractivity contribution < 1.29 is 14.3 Å². The van der Waals surface area contributed by atoms with Crippen molar-refractivity contribution in [1.29, 1.82) is 0 Å². The van der Waals surface area contributed by atoms with Crippen molar-refractivity contribution in [2.24, 2.45) is 0 Å². The third-order valence-electron chi connectivity index (χ3n) is 5.27. The molecule has 0 unspecified atom stereocenters. The number of thioether (sulfide) groups is 1. The van der Waals surface area contributed by atoms with Gasteiger partial charge in [-0.3, -0.25) is 4.79 Å². The number of nitrogens with zero attached hydrogens (tertiary/aromatic N) is 3. The number of thiophene rings is 1. The van der Waals surface area contributed by atoms with Crippen molar-refractivity contribution in [3.8, 4) is 11.1 Å². The molecule has 1 saturated carbocycles. The molecule has 2 heterocycles. The molecule has 1 aliphatic carbocycles. The Morgan fingerprint density at radius 3 is 2.59 bits per heavy atom. The maximum absolute atomic E-state index is 12.8. The van der Waals surface area contributed by atoms with Crippen LogP contribution in [-0.4, -0.2) is 39.5 Å². The number of aryl methyl sites for hydroxylation is 1. The maximum Gasteiger partial charge on any atom is 0.341 e. The van der Waals surface area contributed by atoms with E-state index in [1.807, 2.05) is 37.3 Å². The van der Waals surface area contributed by atoms with Crippen molar-refractivity contribution in [1.82, 2.24) is 14.8 Å². The van der Waals surface area contributed by atoms with Crippen molar-refractivity contribution in [2.75, 3.05) is 18.2 Å². The lowest BCUT2D eigenvalue weighted by atomic mass is 10.0. The smallest absolute Gasteiger partial charge is 0.341 e. The Balaban J connectivity index is 1.53. The molecule has 0 saturated heterocycles. The lowest BCUT2D eigenvalue weighted by molar-refractivity contribution is -0.113. The third kappa shape index (κ3) is 4.59. The monoisotopic (exact) mass is 470 g/mol. The van der Waals surface area contributed by atoms with Crippen LogP contribution in [-0.2, 0) is 9.53 Å². The van der Waals surface area contributed by atoms with Crippen molar-refractivity contribution >= 4 is 40.0 Å². The first-order valence-electron chi connectivity index (χ1n) is 10.5. The van der Waals surface area contributed by atoms with Crippen LogP contribution < -0.4 is 5.32 Å². The number of esters is 1. The highest BCUT2D eigenvalue weighted by molar-refractivity contribution is 7.99. The Bertz CT molecular complexity index is 1130. The number of nitrogens with one attached hydrogen (secondary N) is 1. The van der Waals surface area contributed by atoms with Crippen LogP contribution in [0.25, 0.3) is 11.1 Å². The van der Waals surface area contributed by atoms with Gasteiger partial charge in [-0.1, -0.05) is 42.1 Å². The minimum Gasteiger partial charge on any atom is -0.465 e. The molecule has 4 rings (SSSR count). The molecule has 0 aliphatic heterocycles. The zero-order valence-corrected chi connectivity index (χ0v) is 20.2. The molecule has 1 N–H and O–H groups in total. The molecular formula is C23H26N4O3S2. The van der Waals surface area contributed by atoms with E-state index < -0.39 is 5.97 Å². The van der Waals surface area contributed by atoms with Crippen LogP contribution in [0, 0.1) is 6.92 Å². The highest BCUT2D eigenvalue weighted by Crippen LogP contribution is 2.42. The van der Waals surface area contributed by atoms with Gasteiger partial charge >= 0.3 is 5.97 Å². The van der Waals surface area contributed by atoms with Crippen LogP contribution in [0.2, 0.25) is 0 Å². The van der Waals surface area contributed by atoms with E-state index in [2.05, 4.69) is 33.9 Å². The van der Waals surface area contributed by atoms with Crippen LogP contribution in [0.3, 0.4) is 0 Å². The normalized spacial score (nSPS) is 13.4. The average molecular weight is 471 g/mol. The summed E-state index contributed by atoms with van der Waals surface area (Å²) in [4.78, 5) is 26.3. The van der Waals surface area contributed by atoms with Gasteiger partial charge in [0.05, 0.1) is 12.9 Å². The summed E-state index contributed by atoms with van der Waals surface area (Å²) in [7, 11) is 1.35. The first kappa shape index (κ1) is 22.5. The molecule has 0 bridgehead atoms. The van der Waals surface area contributed by atoms with E-state index >= 15 is 0 Å². The molecule has 32 heavy (non-hydrogen) atoms. The topological polar surface area (TPSA) is 86.1 Å². The van der Waals surface area contributed by atoms with Crippen molar-refractivity contribution in [3.05, 3.63) is 46.6 Å². The molecule has 2 aromatic heterocycles. The number of hydrogen-bond acceptors (Lipinski definition) is 7. The highest BCUT2D eigenvalue weighted by Gasteiger charge is 2.31. The average Bonchev–Trinajstić information content (AvgIpc) is 3.45. The van der Waals surface area contributed by atoms with Crippen molar-refractivity contribution in [3.63, 3.8) is 0 Å². The molecule has 0 radical (unpaired) electrons. The summed E-state index contributed by atoms with van der Waals surface area (Å²) in [6, 6.07) is 9.88. The van der Waals surface area contributed by atoms with Gasteiger partial charge < -0.3 is 14.6 Å². The van der Waals surface area contributed by atoms with E-state index in [1.165, 1.54) is 30.2 Å². The van der Waals surface area contributed by atoms with Gasteiger partial charge in [0.25, 0.3) is 0 Å². The van der Waals surface area contributed by atoms with Crippen molar-refractivity contribution in [2.45, 2.75) is 50.7 Å². The number of methoxy groups -OCH3 is 1. The quantitative estimate of drug-likeness (QED) is 0.356. The summed E-state index contributed by atoms with van der Waals surface area (Å²) in [6.45, 7) is 6.14. The van der Waals surface area contributed by atoms with Gasteiger partial charge in [0.1, 0.15) is 16.4 Å². The second-order valence-electron chi connectivity index (χ2n) is 8.01. The Labute approximate surface area is 195 Å². The number of rotatable bonds is 8. The molecule has 3 aromatic rings. The Morgan fingerprint density at radius 2 is 1.97 bits per heavy atom. The highest BCUT2D eigenvalue weighted by atomic mass is 32.2. The van der Waals surface area contributed by atoms with Crippen LogP contribution in [0.5, 0.6) is 0 Å². The predicted octanol–water partition coefficient (Wildman–Crippen LogP) is 5.29. The lowest BCUT2D eigenvalue weighted by Crippen LogP contribution is -2.16. The maximum atomic E-state index is 12.8. The zero-order chi connectivity index (χ0) is 22.8. The number of hydrogen-bond donors (Lipinski definition) is 1. The fourth-order valence-electron chi connectivity index (χ4n) is 3.67. The fourth-order valence-corrected chi connectivity index (χ4v) is 5.62. The number of carbonyl (C=O) groups excluding carboxylic acids is 2. The van der Waals surface area contributed by atoms with Crippen LogP contribution in [0.1, 0.15) is 59.7 Å². The van der Waals surface area contributed by atoms with Gasteiger partial charge in [-0.2, -0.15) is 0 Å². The van der Waals surface area contributed by atoms with E-state index in [1.54, 1.807) is 0 Å². The summed E-state index contributed by atoms with van der Waals surface area (Å²) < 4.78 is 7.15. The number of anilines is 1. The molecule has 0 atom stereocenters. The number of ether oxygens (including phenoxy) is 1. The molecule has 9 heteroatoms. The molecule has 1 amide bonds. The van der Waals surface area contributed by atoms with Gasteiger partial charge in [-0.05, 0) is 39.2 Å². The summed E-state index contributed by atoms with van der Waals surface area (Å²) in [5.74, 6) is 1.00. The standard InChI is InChI=1S/C23H26N4O3S2/c1-13(2)27-20(16-10-11-16)25-26-23(27)31-12-17(28)24-21-19(22(29)30-4)18(14(3)32-21)15-8-6-5-7-9-15/h5-9,13,16H,10-12H2,1-4H3,(H,24,28). The molecule has 0 spiro atoms. The molecule has 7 nitrogen and oxygen atoms in total. The van der Waals surface area contributed by atoms with E-state index in [0.717, 1.165) is 39.8 Å². The van der Waals surface area contributed by atoms with Gasteiger partial charge in [0.2, 0.25) is 5.91 Å². The van der Waals surface area contributed by atoms with Crippen LogP contribution in [0.4, 0.5) is 5.00 Å². The molecular weight excluding hydrogens is 444 g/mol. The molecule has 1 fully saturated rings. The summed E-state index contributed by atoms with van der Waals surface area (Å²) in [5.41, 5.74) is 2.09. The van der Waals surface area contributed by atoms with E-state index in [4.69, 9.17) is 4.74 Å². The predicted molar refractivity (Wildman–Crippen MR) is 128 cm³/mol. The molecule has 1 aromatic carbocycles. The number of amides is 1. The Kier molecular flexibility index (Phi) is 6.66. The molecule has 168 valence electrons. The first-order valence-corrected chi connectivity index (χ1v) is 12.4. The second-order valence-corrected chi connectivity index (χ2v) is 10.2. The molecule has 1 aliphatic rings. The van der Waals surface area contributed by atoms with E-state index in [-0.39, 0.29) is 17.7 Å². The van der Waals surface area contributed by atoms with Crippen LogP contribution >= 0.6 is 23.1 Å². The number of aromatic nitrogens is 3. The Morgan fingerprint density at radius 1 is 1.25 bits per heavy atom. The summed E-state index contributed by atoms with van der Waals surface area (Å²) in [5, 5.41) is 12.8. The SMILES string of the molecule is COC(=O)c1c(NC(=O)CSc2nnc(C3CC3)n2C(C)C)sc(C)c1-c1ccccc1. The summed E-state index contributed by atoms with van der Waals surface area (Å²) >= 11 is 2.74. The first-order chi connectivity index (χ1) is 15.4. The number of benzene rings is 1. The minimum absolute atomic E-state index is 0.174. The largest absolute Gasteiger partial charge is 0.465 e. The van der Waals surface area contributed by atoms with Gasteiger partial charge in [-0.15, -0.1) is 21.5 Å². The van der Waals surface area contributed by atoms with E-state index in [0.29, 0.717) is 16.5 Å². The minimum atomic E-state index is -0.468. The Hall–Kier alpha value is -2.65. The fraction of sp³-hybridized carbons (Fsp3) is 0.391. The van der Waals surface area contributed by atoms with Gasteiger partial charge in [0.15, 0.2) is 5.16 Å². The van der Waals surface area contributed by atoms with Gasteiger partial charge in [0, 0.05) is 22.4 Å². The van der Waals surface area contributed by atoms with E-state index in [9.17, 15) is 9.59 Å². The zero-order valence-electron chi connectivity index (χ0n) is 18.5.